The van der Waals surface area contributed by atoms with Crippen LogP contribution in [0.15, 0.2) is 18.2 Å². The van der Waals surface area contributed by atoms with Gasteiger partial charge in [0.05, 0.1) is 12.7 Å². The summed E-state index contributed by atoms with van der Waals surface area (Å²) in [6.07, 6.45) is -5.09. The molecule has 0 N–H and O–H groups in total. The molecule has 0 aliphatic carbocycles. The number of Topliss-reactive ketones (excluding diaryl/α,β-unsaturated/α-hetero) is 1. The van der Waals surface area contributed by atoms with Crippen LogP contribution < -0.4 is 4.74 Å². The van der Waals surface area contributed by atoms with Crippen molar-refractivity contribution in [3.05, 3.63) is 29.6 Å². The lowest BCUT2D eigenvalue weighted by Crippen LogP contribution is -2.23. The summed E-state index contributed by atoms with van der Waals surface area (Å²) < 4.78 is 53.5. The highest BCUT2D eigenvalue weighted by Crippen LogP contribution is 2.25. The molecule has 2 nitrogen and oxygen atoms in total. The number of benzene rings is 1. The summed E-state index contributed by atoms with van der Waals surface area (Å²) in [5.41, 5.74) is -1.04. The third-order valence-corrected chi connectivity index (χ3v) is 1.68. The molecule has 0 atom stereocenters. The Morgan fingerprint density at radius 3 is 2.40 bits per heavy atom. The summed E-state index contributed by atoms with van der Waals surface area (Å²) in [5.74, 6) is -3.46. The minimum absolute atomic E-state index is 0.0102. The quantitative estimate of drug-likeness (QED) is 0.567. The van der Waals surface area contributed by atoms with Crippen molar-refractivity contribution in [2.45, 2.75) is 6.18 Å². The fourth-order valence-corrected chi connectivity index (χ4v) is 0.958. The van der Waals surface area contributed by atoms with Crippen LogP contribution in [-0.4, -0.2) is 19.1 Å². The molecule has 0 spiro atoms. The van der Waals surface area contributed by atoms with E-state index >= 15 is 0 Å². The Hall–Kier alpha value is -1.59. The average Bonchev–Trinajstić information content (AvgIpc) is 2.16. The Labute approximate surface area is 82.5 Å². The van der Waals surface area contributed by atoms with E-state index in [1.54, 1.807) is 0 Å². The van der Waals surface area contributed by atoms with Crippen LogP contribution in [0.2, 0.25) is 0 Å². The van der Waals surface area contributed by atoms with Gasteiger partial charge in [-0.2, -0.15) is 13.2 Å². The molecule has 0 saturated heterocycles. The highest BCUT2D eigenvalue weighted by atomic mass is 19.4. The van der Waals surface area contributed by atoms with Crippen molar-refractivity contribution in [2.24, 2.45) is 0 Å². The first-order valence-corrected chi connectivity index (χ1v) is 3.81. The van der Waals surface area contributed by atoms with Crippen molar-refractivity contribution >= 4 is 5.78 Å². The molecule has 0 bridgehead atoms. The normalized spacial score (nSPS) is 11.3. The van der Waals surface area contributed by atoms with Gasteiger partial charge in [-0.1, -0.05) is 0 Å². The largest absolute Gasteiger partial charge is 0.497 e. The van der Waals surface area contributed by atoms with Crippen LogP contribution >= 0.6 is 0 Å². The van der Waals surface area contributed by atoms with Gasteiger partial charge in [0, 0.05) is 0 Å². The maximum absolute atomic E-state index is 12.9. The maximum atomic E-state index is 12.9. The van der Waals surface area contributed by atoms with Gasteiger partial charge < -0.3 is 4.74 Å². The van der Waals surface area contributed by atoms with Crippen LogP contribution in [0.5, 0.6) is 5.75 Å². The van der Waals surface area contributed by atoms with Crippen molar-refractivity contribution in [3.8, 4) is 5.75 Å². The molecule has 0 radical (unpaired) electrons. The first-order chi connectivity index (χ1) is 6.86. The molecule has 0 saturated carbocycles. The van der Waals surface area contributed by atoms with E-state index in [9.17, 15) is 22.4 Å². The lowest BCUT2D eigenvalue weighted by molar-refractivity contribution is -0.0887. The second kappa shape index (κ2) is 3.88. The molecule has 0 aliphatic heterocycles. The van der Waals surface area contributed by atoms with Gasteiger partial charge in [0.2, 0.25) is 0 Å². The topological polar surface area (TPSA) is 26.3 Å². The van der Waals surface area contributed by atoms with E-state index in [1.165, 1.54) is 7.11 Å². The van der Waals surface area contributed by atoms with Gasteiger partial charge in [0.15, 0.2) is 0 Å². The Morgan fingerprint density at radius 2 is 1.93 bits per heavy atom. The van der Waals surface area contributed by atoms with Crippen molar-refractivity contribution in [3.63, 3.8) is 0 Å². The Balaban J connectivity index is 3.19. The fourth-order valence-electron chi connectivity index (χ4n) is 0.958. The molecule has 6 heteroatoms. The predicted octanol–water partition coefficient (Wildman–Crippen LogP) is 2.58. The second-order valence-electron chi connectivity index (χ2n) is 2.67. The van der Waals surface area contributed by atoms with Crippen molar-refractivity contribution < 1.29 is 27.1 Å². The SMILES string of the molecule is COc1ccc(F)c(C(=O)C(F)(F)F)c1. The molecular weight excluding hydrogens is 216 g/mol. The number of alkyl halides is 3. The first kappa shape index (κ1) is 11.5. The smallest absolute Gasteiger partial charge is 0.454 e. The summed E-state index contributed by atoms with van der Waals surface area (Å²) in [4.78, 5) is 10.7. The van der Waals surface area contributed by atoms with Gasteiger partial charge in [-0.25, -0.2) is 4.39 Å². The number of halogens is 4. The van der Waals surface area contributed by atoms with E-state index in [0.717, 1.165) is 12.1 Å². The highest BCUT2D eigenvalue weighted by molar-refractivity contribution is 6.00. The minimum atomic E-state index is -5.09. The lowest BCUT2D eigenvalue weighted by Gasteiger charge is -2.07. The molecule has 1 rings (SSSR count). The van der Waals surface area contributed by atoms with Crippen LogP contribution in [0.25, 0.3) is 0 Å². The monoisotopic (exact) mass is 222 g/mol. The Bertz CT molecular complexity index is 384. The van der Waals surface area contributed by atoms with Crippen LogP contribution in [-0.2, 0) is 0 Å². The number of carbonyl (C=O) groups is 1. The zero-order valence-corrected chi connectivity index (χ0v) is 7.56. The number of rotatable bonds is 2. The summed E-state index contributed by atoms with van der Waals surface area (Å²) in [6.45, 7) is 0. The van der Waals surface area contributed by atoms with Gasteiger partial charge in [0.1, 0.15) is 11.6 Å². The molecule has 1 aromatic rings. The maximum Gasteiger partial charge on any atom is 0.454 e. The van der Waals surface area contributed by atoms with Crippen molar-refractivity contribution in [2.75, 3.05) is 7.11 Å². The summed E-state index contributed by atoms with van der Waals surface area (Å²) in [6, 6.07) is 2.59. The molecule has 15 heavy (non-hydrogen) atoms. The highest BCUT2D eigenvalue weighted by Gasteiger charge is 2.40. The number of methoxy groups -OCH3 is 1. The van der Waals surface area contributed by atoms with Gasteiger partial charge in [-0.3, -0.25) is 4.79 Å². The Morgan fingerprint density at radius 1 is 1.33 bits per heavy atom. The fraction of sp³-hybridized carbons (Fsp3) is 0.222. The molecule has 1 aromatic carbocycles. The third-order valence-electron chi connectivity index (χ3n) is 1.68. The number of carbonyl (C=O) groups excluding carboxylic acids is 1. The molecule has 0 heterocycles. The summed E-state index contributed by atoms with van der Waals surface area (Å²) in [5, 5.41) is 0. The van der Waals surface area contributed by atoms with Crippen LogP contribution in [0, 0.1) is 5.82 Å². The molecule has 0 unspecified atom stereocenters. The summed E-state index contributed by atoms with van der Waals surface area (Å²) in [7, 11) is 1.20. The predicted molar refractivity (Wildman–Crippen MR) is 43.3 cm³/mol. The Kier molecular flexibility index (Phi) is 2.97. The first-order valence-electron chi connectivity index (χ1n) is 3.81. The van der Waals surface area contributed by atoms with Crippen LogP contribution in [0.3, 0.4) is 0 Å². The second-order valence-corrected chi connectivity index (χ2v) is 2.67. The third kappa shape index (κ3) is 2.45. The van der Waals surface area contributed by atoms with Crippen molar-refractivity contribution in [1.29, 1.82) is 0 Å². The summed E-state index contributed by atoms with van der Waals surface area (Å²) >= 11 is 0. The average molecular weight is 222 g/mol. The lowest BCUT2D eigenvalue weighted by atomic mass is 10.1. The molecule has 0 amide bonds. The number of hydrogen-bond acceptors (Lipinski definition) is 2. The van der Waals surface area contributed by atoms with E-state index in [1.807, 2.05) is 0 Å². The standard InChI is InChI=1S/C9H6F4O2/c1-15-5-2-3-7(10)6(4-5)8(14)9(11,12)13/h2-4H,1H3. The van der Waals surface area contributed by atoms with E-state index < -0.39 is 23.3 Å². The number of ketones is 1. The molecule has 82 valence electrons. The van der Waals surface area contributed by atoms with E-state index in [-0.39, 0.29) is 5.75 Å². The van der Waals surface area contributed by atoms with Crippen molar-refractivity contribution in [1.82, 2.24) is 0 Å². The van der Waals surface area contributed by atoms with Gasteiger partial charge in [-0.15, -0.1) is 0 Å². The zero-order chi connectivity index (χ0) is 11.6. The van der Waals surface area contributed by atoms with Crippen LogP contribution in [0.4, 0.5) is 17.6 Å². The van der Waals surface area contributed by atoms with Crippen LogP contribution in [0.1, 0.15) is 10.4 Å². The number of hydrogen-bond donors (Lipinski definition) is 0. The molecule has 0 fully saturated rings. The molecular formula is C9H6F4O2. The molecule has 0 aromatic heterocycles. The van der Waals surface area contributed by atoms with E-state index in [4.69, 9.17) is 0 Å². The molecule has 0 aliphatic rings. The van der Waals surface area contributed by atoms with E-state index in [0.29, 0.717) is 6.07 Å². The van der Waals surface area contributed by atoms with E-state index in [2.05, 4.69) is 4.74 Å². The zero-order valence-electron chi connectivity index (χ0n) is 7.56. The van der Waals surface area contributed by atoms with Gasteiger partial charge >= 0.3 is 6.18 Å². The minimum Gasteiger partial charge on any atom is -0.497 e. The van der Waals surface area contributed by atoms with Gasteiger partial charge in [0.25, 0.3) is 5.78 Å². The number of ether oxygens (including phenoxy) is 1. The van der Waals surface area contributed by atoms with Gasteiger partial charge in [-0.05, 0) is 18.2 Å².